The molecule has 0 saturated heterocycles. The van der Waals surface area contributed by atoms with Crippen LogP contribution in [0.2, 0.25) is 0 Å². The van der Waals surface area contributed by atoms with E-state index in [0.29, 0.717) is 0 Å². The molecule has 4 heteroatoms. The molecule has 6 aromatic rings. The van der Waals surface area contributed by atoms with Gasteiger partial charge in [0, 0.05) is 0 Å². The third-order valence-electron chi connectivity index (χ3n) is 11.8. The van der Waals surface area contributed by atoms with Crippen LogP contribution in [0.15, 0.2) is 121 Å². The third-order valence-corrected chi connectivity index (χ3v) is 15.1. The van der Waals surface area contributed by atoms with Gasteiger partial charge in [-0.25, -0.2) is 0 Å². The SMILES string of the molecule is Cc1cc(C)cc(-c2ccc(-c3ccc(-c4ccc5c(c4)-c4ccc(-c6cc(C)cc(C)c6)cc4C5(CCCC[N+](C)(C)C)CCC[I-][N+](C)(C)C)cc3)cc2)c1.[I-]. The Morgan fingerprint density at radius 2 is 0.845 bits per heavy atom. The van der Waals surface area contributed by atoms with Crippen molar-refractivity contribution in [2.75, 3.05) is 53.3 Å². The van der Waals surface area contributed by atoms with Gasteiger partial charge in [0.1, 0.15) is 0 Å². The van der Waals surface area contributed by atoms with Crippen LogP contribution in [-0.2, 0) is 5.41 Å². The number of fused-ring (bicyclic) bond motifs is 3. The van der Waals surface area contributed by atoms with Gasteiger partial charge in [-0.2, -0.15) is 0 Å². The van der Waals surface area contributed by atoms with Crippen molar-refractivity contribution in [1.82, 2.24) is 0 Å². The summed E-state index contributed by atoms with van der Waals surface area (Å²) in [7, 11) is 14.1. The van der Waals surface area contributed by atoms with Crippen LogP contribution < -0.4 is 45.5 Å². The summed E-state index contributed by atoms with van der Waals surface area (Å²) in [4.78, 5) is 0. The molecule has 0 aromatic heterocycles. The number of alkyl halides is 1. The maximum Gasteiger partial charge on any atom is -0.0514 e. The van der Waals surface area contributed by atoms with Crippen LogP contribution in [0.3, 0.4) is 0 Å². The number of hydrogen-bond donors (Lipinski definition) is 0. The number of aryl methyl sites for hydroxylation is 4. The molecule has 0 radical (unpaired) electrons. The van der Waals surface area contributed by atoms with Gasteiger partial charge in [0.05, 0.1) is 0 Å². The molecule has 0 fully saturated rings. The molecule has 0 amide bonds. The first kappa shape index (κ1) is 44.3. The zero-order valence-electron chi connectivity index (χ0n) is 36.6. The fourth-order valence-electron chi connectivity index (χ4n) is 9.22. The van der Waals surface area contributed by atoms with Crippen molar-refractivity contribution in [1.29, 1.82) is 0 Å². The quantitative estimate of drug-likeness (QED) is 0.0356. The maximum atomic E-state index is 2.60. The summed E-state index contributed by atoms with van der Waals surface area (Å²) in [5.74, 6) is 0. The Hall–Kier alpha value is -3.30. The number of nitrogens with zero attached hydrogens (tertiary/aromatic N) is 2. The Morgan fingerprint density at radius 1 is 0.414 bits per heavy atom. The van der Waals surface area contributed by atoms with Crippen LogP contribution in [0.1, 0.15) is 65.5 Å². The predicted molar refractivity (Wildman–Crippen MR) is 242 cm³/mol. The number of benzene rings is 6. The van der Waals surface area contributed by atoms with Gasteiger partial charge in [-0.15, -0.1) is 0 Å². The van der Waals surface area contributed by atoms with Crippen molar-refractivity contribution in [3.8, 4) is 55.6 Å². The van der Waals surface area contributed by atoms with E-state index in [1.54, 1.807) is 11.1 Å². The van der Waals surface area contributed by atoms with Crippen LogP contribution in [0.4, 0.5) is 0 Å². The van der Waals surface area contributed by atoms with E-state index in [1.807, 2.05) is 0 Å². The molecular formula is C54H64I2N2. The first-order valence-corrected chi connectivity index (χ1v) is 23.5. The summed E-state index contributed by atoms with van der Waals surface area (Å²) in [5.41, 5.74) is 21.6. The monoisotopic (exact) mass is 994 g/mol. The fourth-order valence-corrected chi connectivity index (χ4v) is 11.4. The van der Waals surface area contributed by atoms with Crippen molar-refractivity contribution in [2.24, 2.45) is 0 Å². The van der Waals surface area contributed by atoms with Gasteiger partial charge in [-0.1, -0.05) is 53.6 Å². The second-order valence-corrected chi connectivity index (χ2v) is 23.4. The maximum absolute atomic E-state index is 2.60. The molecule has 1 atom stereocenters. The summed E-state index contributed by atoms with van der Waals surface area (Å²) in [6, 6.07) is 47.0. The van der Waals surface area contributed by atoms with E-state index in [2.05, 4.69) is 191 Å². The van der Waals surface area contributed by atoms with E-state index in [4.69, 9.17) is 0 Å². The molecule has 2 nitrogen and oxygen atoms in total. The minimum Gasteiger partial charge on any atom is -1.00 e. The normalized spacial score (nSPS) is 14.9. The fraction of sp³-hybridized carbons (Fsp3) is 0.333. The van der Waals surface area contributed by atoms with Gasteiger partial charge >= 0.3 is 273 Å². The Labute approximate surface area is 378 Å². The van der Waals surface area contributed by atoms with Gasteiger partial charge in [-0.05, 0) is 30.5 Å². The van der Waals surface area contributed by atoms with Gasteiger partial charge < -0.3 is 24.0 Å². The van der Waals surface area contributed by atoms with Gasteiger partial charge in [0.25, 0.3) is 0 Å². The van der Waals surface area contributed by atoms with Gasteiger partial charge in [0.2, 0.25) is 0 Å². The van der Waals surface area contributed by atoms with E-state index in [1.165, 1.54) is 121 Å². The molecule has 7 rings (SSSR count). The summed E-state index contributed by atoms with van der Waals surface area (Å²) in [5, 5.41) is 0. The van der Waals surface area contributed by atoms with Crippen molar-refractivity contribution >= 4 is 0 Å². The molecule has 0 N–H and O–H groups in total. The number of hydrogen-bond acceptors (Lipinski definition) is 0. The van der Waals surface area contributed by atoms with Crippen LogP contribution in [0.25, 0.3) is 55.6 Å². The van der Waals surface area contributed by atoms with Crippen molar-refractivity contribution in [2.45, 2.75) is 65.2 Å². The molecule has 58 heavy (non-hydrogen) atoms. The van der Waals surface area contributed by atoms with E-state index >= 15 is 0 Å². The largest absolute Gasteiger partial charge is 1.00 e. The second-order valence-electron chi connectivity index (χ2n) is 18.7. The van der Waals surface area contributed by atoms with E-state index in [-0.39, 0.29) is 50.9 Å². The zero-order valence-corrected chi connectivity index (χ0v) is 41.0. The molecule has 0 spiro atoms. The first-order chi connectivity index (χ1) is 27.1. The van der Waals surface area contributed by atoms with Crippen molar-refractivity contribution in [3.05, 3.63) is 155 Å². The minimum absolute atomic E-state index is 0. The van der Waals surface area contributed by atoms with E-state index < -0.39 is 0 Å². The van der Waals surface area contributed by atoms with Crippen molar-refractivity contribution in [3.63, 3.8) is 0 Å². The van der Waals surface area contributed by atoms with Crippen molar-refractivity contribution < 1.29 is 52.6 Å². The molecule has 0 bridgehead atoms. The molecule has 1 aliphatic carbocycles. The summed E-state index contributed by atoms with van der Waals surface area (Å²) in [6.45, 7) is 10.0. The first-order valence-electron chi connectivity index (χ1n) is 21.0. The van der Waals surface area contributed by atoms with Gasteiger partial charge in [-0.3, -0.25) is 0 Å². The summed E-state index contributed by atoms with van der Waals surface area (Å²) < 4.78 is 3.49. The molecule has 0 saturated carbocycles. The molecule has 1 aliphatic rings. The van der Waals surface area contributed by atoms with Crippen LogP contribution in [0, 0.1) is 27.7 Å². The molecule has 0 aliphatic heterocycles. The minimum atomic E-state index is 0. The Morgan fingerprint density at radius 3 is 1.36 bits per heavy atom. The molecule has 6 aromatic carbocycles. The molecular weight excluding hydrogens is 930 g/mol. The van der Waals surface area contributed by atoms with Gasteiger partial charge in [0.15, 0.2) is 0 Å². The summed E-state index contributed by atoms with van der Waals surface area (Å²) in [6.07, 6.45) is 6.17. The van der Waals surface area contributed by atoms with E-state index in [9.17, 15) is 0 Å². The summed E-state index contributed by atoms with van der Waals surface area (Å²) >= 11 is 0.0804. The number of quaternary nitrogens is 2. The zero-order chi connectivity index (χ0) is 40.5. The Kier molecular flexibility index (Phi) is 13.8. The van der Waals surface area contributed by atoms with E-state index in [0.717, 1.165) is 7.18 Å². The Bertz CT molecular complexity index is 2300. The second kappa shape index (κ2) is 18.1. The predicted octanol–water partition coefficient (Wildman–Crippen LogP) is 7.23. The van der Waals surface area contributed by atoms with Crippen LogP contribution in [-0.4, -0.2) is 60.4 Å². The standard InChI is InChI=1S/C54H64IN2.HI/c1-38-30-39(2)33-48(32-38)45-20-16-43(17-21-45)42-14-18-44(19-15-42)46-23-25-52-51(36-46)50-24-22-47(49-34-40(3)31-41(4)35-49)37-53(50)54(52,26-11-12-29-56(5,6)7)27-13-28-55-57(8,9)10;/h14-25,30-37H,11-13,26-29H2,1-10H3;1H/q+1;/p-1. The Balaban J connectivity index is 0.00000567. The molecule has 304 valence electrons. The number of unbranched alkanes of at least 4 members (excludes halogenated alkanes) is 1. The smallest absolute Gasteiger partial charge is 0.0514 e. The van der Waals surface area contributed by atoms with Crippen LogP contribution >= 0.6 is 0 Å². The number of halogens is 2. The molecule has 0 heterocycles. The average molecular weight is 995 g/mol. The average Bonchev–Trinajstić information content (AvgIpc) is 3.42. The van der Waals surface area contributed by atoms with Crippen LogP contribution in [0.5, 0.6) is 0 Å². The topological polar surface area (TPSA) is 0 Å². The molecule has 1 unspecified atom stereocenters. The third kappa shape index (κ3) is 10.3. The number of rotatable bonds is 14.